The van der Waals surface area contributed by atoms with Crippen molar-refractivity contribution >= 4 is 24.0 Å². The summed E-state index contributed by atoms with van der Waals surface area (Å²) in [4.78, 5) is 24.5. The molecule has 0 saturated carbocycles. The lowest BCUT2D eigenvalue weighted by Crippen LogP contribution is -2.43. The first-order valence-electron chi connectivity index (χ1n) is 6.85. The molecule has 1 amide bonds. The highest BCUT2D eigenvalue weighted by Crippen LogP contribution is 2.28. The largest absolute Gasteiger partial charge is 0.490 e. The van der Waals surface area contributed by atoms with Crippen LogP contribution < -0.4 is 10.1 Å². The first-order valence-corrected chi connectivity index (χ1v) is 6.85. The number of nitro benzene ring substituents is 1. The molecule has 0 bridgehead atoms. The van der Waals surface area contributed by atoms with Crippen LogP contribution in [0.2, 0.25) is 0 Å². The van der Waals surface area contributed by atoms with E-state index in [9.17, 15) is 14.9 Å². The van der Waals surface area contributed by atoms with Gasteiger partial charge in [-0.3, -0.25) is 14.9 Å². The average molecular weight is 330 g/mol. The number of amides is 1. The Labute approximate surface area is 135 Å². The fraction of sp³-hybridized carbons (Fsp3) is 0.500. The predicted octanol–water partition coefficient (Wildman–Crippen LogP) is 1.85. The molecule has 1 fully saturated rings. The molecule has 1 N–H and O–H groups in total. The van der Waals surface area contributed by atoms with Crippen molar-refractivity contribution in [3.63, 3.8) is 0 Å². The second kappa shape index (κ2) is 7.95. The van der Waals surface area contributed by atoms with Gasteiger partial charge < -0.3 is 15.0 Å². The van der Waals surface area contributed by atoms with Gasteiger partial charge in [-0.25, -0.2) is 0 Å². The molecule has 0 spiro atoms. The van der Waals surface area contributed by atoms with Gasteiger partial charge in [-0.1, -0.05) is 0 Å². The zero-order chi connectivity index (χ0) is 15.4. The van der Waals surface area contributed by atoms with Gasteiger partial charge in [-0.15, -0.1) is 12.4 Å². The Morgan fingerprint density at radius 3 is 2.59 bits per heavy atom. The number of carbonyl (C=O) groups excluding carboxylic acids is 1. The molecule has 0 radical (unpaired) electrons. The van der Waals surface area contributed by atoms with E-state index in [4.69, 9.17) is 4.74 Å². The van der Waals surface area contributed by atoms with Crippen molar-refractivity contribution in [1.82, 2.24) is 10.2 Å². The number of nitro groups is 1. The number of piperidine rings is 1. The Morgan fingerprint density at radius 1 is 1.41 bits per heavy atom. The number of nitrogens with one attached hydrogen (secondary N) is 1. The summed E-state index contributed by atoms with van der Waals surface area (Å²) in [5.74, 6) is -0.0420. The SMILES string of the molecule is COc1cc(C(=O)N(C)C2CCNCC2)ccc1[N+](=O)[O-].Cl. The summed E-state index contributed by atoms with van der Waals surface area (Å²) in [5.41, 5.74) is 0.261. The van der Waals surface area contributed by atoms with E-state index < -0.39 is 4.92 Å². The number of hydrogen-bond acceptors (Lipinski definition) is 5. The number of hydrogen-bond donors (Lipinski definition) is 1. The molecule has 8 heteroatoms. The fourth-order valence-electron chi connectivity index (χ4n) is 2.52. The number of ether oxygens (including phenoxy) is 1. The van der Waals surface area contributed by atoms with Crippen LogP contribution in [0.1, 0.15) is 23.2 Å². The highest BCUT2D eigenvalue weighted by Gasteiger charge is 2.24. The van der Waals surface area contributed by atoms with Gasteiger partial charge in [0.15, 0.2) is 5.75 Å². The van der Waals surface area contributed by atoms with Gasteiger partial charge in [0.2, 0.25) is 0 Å². The topological polar surface area (TPSA) is 84.7 Å². The van der Waals surface area contributed by atoms with Crippen LogP contribution in [0.5, 0.6) is 5.75 Å². The van der Waals surface area contributed by atoms with E-state index in [0.717, 1.165) is 25.9 Å². The Morgan fingerprint density at radius 2 is 2.05 bits per heavy atom. The van der Waals surface area contributed by atoms with E-state index in [1.807, 2.05) is 0 Å². The van der Waals surface area contributed by atoms with Crippen molar-refractivity contribution in [3.05, 3.63) is 33.9 Å². The Kier molecular flexibility index (Phi) is 6.58. The van der Waals surface area contributed by atoms with Crippen LogP contribution >= 0.6 is 12.4 Å². The lowest BCUT2D eigenvalue weighted by atomic mass is 10.0. The molecule has 7 nitrogen and oxygen atoms in total. The van der Waals surface area contributed by atoms with E-state index in [-0.39, 0.29) is 35.8 Å². The lowest BCUT2D eigenvalue weighted by molar-refractivity contribution is -0.385. The van der Waals surface area contributed by atoms with Gasteiger partial charge in [-0.2, -0.15) is 0 Å². The predicted molar refractivity (Wildman–Crippen MR) is 84.9 cm³/mol. The molecular weight excluding hydrogens is 310 g/mol. The molecule has 2 rings (SSSR count). The van der Waals surface area contributed by atoms with Crippen molar-refractivity contribution in [1.29, 1.82) is 0 Å². The summed E-state index contributed by atoms with van der Waals surface area (Å²) in [6.07, 6.45) is 1.82. The van der Waals surface area contributed by atoms with Crippen LogP contribution in [0.15, 0.2) is 18.2 Å². The maximum atomic E-state index is 12.5. The third-order valence-electron chi connectivity index (χ3n) is 3.80. The molecular formula is C14H20ClN3O4. The van der Waals surface area contributed by atoms with Gasteiger partial charge in [-0.05, 0) is 32.0 Å². The van der Waals surface area contributed by atoms with Gasteiger partial charge in [0.1, 0.15) is 0 Å². The molecule has 0 aromatic heterocycles. The minimum atomic E-state index is -0.524. The van der Waals surface area contributed by atoms with E-state index >= 15 is 0 Å². The van der Waals surface area contributed by atoms with Crippen molar-refractivity contribution in [3.8, 4) is 5.75 Å². The van der Waals surface area contributed by atoms with E-state index in [1.165, 1.54) is 25.3 Å². The summed E-state index contributed by atoms with van der Waals surface area (Å²) in [6, 6.07) is 4.40. The lowest BCUT2D eigenvalue weighted by Gasteiger charge is -2.31. The maximum absolute atomic E-state index is 12.5. The molecule has 1 saturated heterocycles. The summed E-state index contributed by atoms with van der Waals surface area (Å²) in [7, 11) is 3.12. The Balaban J connectivity index is 0.00000242. The number of halogens is 1. The minimum absolute atomic E-state index is 0. The fourth-order valence-corrected chi connectivity index (χ4v) is 2.52. The average Bonchev–Trinajstić information content (AvgIpc) is 2.53. The smallest absolute Gasteiger partial charge is 0.310 e. The van der Waals surface area contributed by atoms with Crippen LogP contribution in [0.25, 0.3) is 0 Å². The van der Waals surface area contributed by atoms with Crippen LogP contribution in [-0.4, -0.2) is 49.0 Å². The molecule has 0 unspecified atom stereocenters. The summed E-state index contributed by atoms with van der Waals surface area (Å²) < 4.78 is 5.00. The van der Waals surface area contributed by atoms with Gasteiger partial charge in [0.05, 0.1) is 12.0 Å². The van der Waals surface area contributed by atoms with Gasteiger partial charge in [0.25, 0.3) is 5.91 Å². The summed E-state index contributed by atoms with van der Waals surface area (Å²) >= 11 is 0. The quantitative estimate of drug-likeness (QED) is 0.673. The molecule has 1 aliphatic rings. The van der Waals surface area contributed by atoms with Crippen molar-refractivity contribution in [2.45, 2.75) is 18.9 Å². The Hall–Kier alpha value is -1.86. The number of benzene rings is 1. The highest BCUT2D eigenvalue weighted by molar-refractivity contribution is 5.95. The molecule has 122 valence electrons. The highest BCUT2D eigenvalue weighted by atomic mass is 35.5. The second-order valence-corrected chi connectivity index (χ2v) is 5.04. The van der Waals surface area contributed by atoms with Crippen LogP contribution in [-0.2, 0) is 0 Å². The molecule has 1 aromatic rings. The van der Waals surface area contributed by atoms with Crippen molar-refractivity contribution in [2.75, 3.05) is 27.2 Å². The second-order valence-electron chi connectivity index (χ2n) is 5.04. The standard InChI is InChI=1S/C14H19N3O4.ClH/c1-16(11-5-7-15-8-6-11)14(18)10-3-4-12(17(19)20)13(9-10)21-2;/h3-4,9,11,15H,5-8H2,1-2H3;1H. The van der Waals surface area contributed by atoms with Gasteiger partial charge in [0, 0.05) is 30.8 Å². The number of carbonyl (C=O) groups is 1. The van der Waals surface area contributed by atoms with Crippen molar-refractivity contribution in [2.24, 2.45) is 0 Å². The zero-order valence-electron chi connectivity index (χ0n) is 12.6. The normalized spacial score (nSPS) is 14.8. The Bertz CT molecular complexity index is 547. The molecule has 1 heterocycles. The molecule has 1 aliphatic heterocycles. The minimum Gasteiger partial charge on any atom is -0.490 e. The monoisotopic (exact) mass is 329 g/mol. The number of rotatable bonds is 4. The van der Waals surface area contributed by atoms with E-state index in [0.29, 0.717) is 5.56 Å². The molecule has 1 aromatic carbocycles. The van der Waals surface area contributed by atoms with E-state index in [2.05, 4.69) is 5.32 Å². The van der Waals surface area contributed by atoms with Crippen molar-refractivity contribution < 1.29 is 14.5 Å². The van der Waals surface area contributed by atoms with E-state index in [1.54, 1.807) is 11.9 Å². The maximum Gasteiger partial charge on any atom is 0.310 e. The third kappa shape index (κ3) is 3.86. The van der Waals surface area contributed by atoms with Crippen LogP contribution in [0.4, 0.5) is 5.69 Å². The molecule has 0 aliphatic carbocycles. The first-order chi connectivity index (χ1) is 10.0. The van der Waals surface area contributed by atoms with Crippen LogP contribution in [0.3, 0.4) is 0 Å². The van der Waals surface area contributed by atoms with Crippen LogP contribution in [0, 0.1) is 10.1 Å². The summed E-state index contributed by atoms with van der Waals surface area (Å²) in [5, 5.41) is 14.1. The van der Waals surface area contributed by atoms with Gasteiger partial charge >= 0.3 is 5.69 Å². The number of nitrogens with zero attached hydrogens (tertiary/aromatic N) is 2. The number of methoxy groups -OCH3 is 1. The summed E-state index contributed by atoms with van der Waals surface area (Å²) in [6.45, 7) is 1.79. The zero-order valence-corrected chi connectivity index (χ0v) is 13.4. The first kappa shape index (κ1) is 18.2. The third-order valence-corrected chi connectivity index (χ3v) is 3.80. The molecule has 0 atom stereocenters. The molecule has 22 heavy (non-hydrogen) atoms.